The number of anilines is 2. The van der Waals surface area contributed by atoms with Crippen molar-refractivity contribution in [2.75, 3.05) is 16.3 Å². The van der Waals surface area contributed by atoms with Gasteiger partial charge in [-0.25, -0.2) is 13.4 Å². The van der Waals surface area contributed by atoms with Gasteiger partial charge >= 0.3 is 0 Å². The van der Waals surface area contributed by atoms with Crippen molar-refractivity contribution in [2.24, 2.45) is 0 Å². The number of sulfonamides is 1. The number of carbonyl (C=O) groups is 1. The third-order valence-electron chi connectivity index (χ3n) is 3.44. The molecule has 1 aromatic heterocycles. The van der Waals surface area contributed by atoms with Gasteiger partial charge in [0.2, 0.25) is 15.9 Å². The molecule has 0 fully saturated rings. The molecule has 134 valence electrons. The van der Waals surface area contributed by atoms with Crippen LogP contribution in [0.5, 0.6) is 0 Å². The molecular weight excluding hydrogens is 370 g/mol. The number of amides is 1. The molecule has 0 unspecified atom stereocenters. The van der Waals surface area contributed by atoms with Crippen molar-refractivity contribution in [3.8, 4) is 11.1 Å². The number of hydrogen-bond donors (Lipinski definition) is 2. The molecule has 2 aromatic carbocycles. The Hall–Kier alpha value is -2.71. The lowest BCUT2D eigenvalue weighted by molar-refractivity contribution is -0.115. The molecule has 0 aliphatic carbocycles. The maximum absolute atomic E-state index is 12.1. The van der Waals surface area contributed by atoms with Crippen LogP contribution >= 0.6 is 11.3 Å². The Labute approximate surface area is 156 Å². The van der Waals surface area contributed by atoms with Crippen molar-refractivity contribution in [1.82, 2.24) is 4.98 Å². The molecule has 0 aliphatic rings. The van der Waals surface area contributed by atoms with Crippen LogP contribution in [0.15, 0.2) is 60.0 Å². The van der Waals surface area contributed by atoms with Gasteiger partial charge in [0.15, 0.2) is 5.13 Å². The van der Waals surface area contributed by atoms with Crippen molar-refractivity contribution < 1.29 is 13.2 Å². The van der Waals surface area contributed by atoms with Gasteiger partial charge < -0.3 is 5.32 Å². The van der Waals surface area contributed by atoms with E-state index in [1.165, 1.54) is 0 Å². The zero-order valence-corrected chi connectivity index (χ0v) is 15.6. The molecule has 0 radical (unpaired) electrons. The van der Waals surface area contributed by atoms with Gasteiger partial charge in [-0.2, -0.15) is 0 Å². The molecule has 3 aromatic rings. The smallest absolute Gasteiger partial charge is 0.231 e. The third-order valence-corrected chi connectivity index (χ3v) is 4.94. The minimum absolute atomic E-state index is 0.0718. The van der Waals surface area contributed by atoms with E-state index in [4.69, 9.17) is 0 Å². The van der Waals surface area contributed by atoms with Crippen LogP contribution in [0.1, 0.15) is 5.69 Å². The van der Waals surface area contributed by atoms with E-state index in [0.717, 1.165) is 28.7 Å². The summed E-state index contributed by atoms with van der Waals surface area (Å²) < 4.78 is 24.7. The monoisotopic (exact) mass is 387 g/mol. The second-order valence-electron chi connectivity index (χ2n) is 5.69. The van der Waals surface area contributed by atoms with Gasteiger partial charge in [-0.3, -0.25) is 9.52 Å². The molecule has 0 saturated heterocycles. The van der Waals surface area contributed by atoms with E-state index in [9.17, 15) is 13.2 Å². The fraction of sp³-hybridized carbons (Fsp3) is 0.111. The van der Waals surface area contributed by atoms with E-state index >= 15 is 0 Å². The fourth-order valence-corrected chi connectivity index (χ4v) is 3.90. The average Bonchev–Trinajstić information content (AvgIpc) is 3.01. The summed E-state index contributed by atoms with van der Waals surface area (Å²) in [6.45, 7) is 0. The molecule has 1 heterocycles. The Bertz CT molecular complexity index is 998. The van der Waals surface area contributed by atoms with Crippen LogP contribution in [0.2, 0.25) is 0 Å². The summed E-state index contributed by atoms with van der Waals surface area (Å²) in [6.07, 6.45) is 1.13. The molecule has 0 atom stereocenters. The highest BCUT2D eigenvalue weighted by atomic mass is 32.2. The van der Waals surface area contributed by atoms with Gasteiger partial charge in [0.25, 0.3) is 0 Å². The van der Waals surface area contributed by atoms with Crippen LogP contribution in [0, 0.1) is 0 Å². The summed E-state index contributed by atoms with van der Waals surface area (Å²) in [5, 5.41) is 4.72. The Morgan fingerprint density at radius 3 is 2.35 bits per heavy atom. The molecule has 0 bridgehead atoms. The van der Waals surface area contributed by atoms with Crippen LogP contribution in [0.25, 0.3) is 11.1 Å². The van der Waals surface area contributed by atoms with Gasteiger partial charge in [-0.15, -0.1) is 11.3 Å². The predicted octanol–water partition coefficient (Wildman–Crippen LogP) is 3.36. The first-order valence-corrected chi connectivity index (χ1v) is 10.5. The molecule has 26 heavy (non-hydrogen) atoms. The van der Waals surface area contributed by atoms with E-state index in [-0.39, 0.29) is 17.5 Å². The molecule has 0 aliphatic heterocycles. The first-order chi connectivity index (χ1) is 12.4. The first kappa shape index (κ1) is 18.1. The number of nitrogens with one attached hydrogen (secondary N) is 2. The fourth-order valence-electron chi connectivity index (χ4n) is 2.34. The zero-order valence-electron chi connectivity index (χ0n) is 14.0. The quantitative estimate of drug-likeness (QED) is 0.679. The van der Waals surface area contributed by atoms with Crippen molar-refractivity contribution in [2.45, 2.75) is 6.42 Å². The highest BCUT2D eigenvalue weighted by Gasteiger charge is 2.10. The summed E-state index contributed by atoms with van der Waals surface area (Å²) in [5.41, 5.74) is 3.39. The lowest BCUT2D eigenvalue weighted by Crippen LogP contribution is -2.15. The number of rotatable bonds is 6. The number of benzene rings is 2. The minimum Gasteiger partial charge on any atom is -0.326 e. The van der Waals surface area contributed by atoms with Crippen LogP contribution in [0.3, 0.4) is 0 Å². The number of carbonyl (C=O) groups excluding carboxylic acids is 1. The molecule has 2 N–H and O–H groups in total. The molecule has 8 heteroatoms. The van der Waals surface area contributed by atoms with Gasteiger partial charge in [-0.1, -0.05) is 42.5 Å². The van der Waals surface area contributed by atoms with Crippen LogP contribution in [-0.2, 0) is 21.2 Å². The van der Waals surface area contributed by atoms with E-state index in [1.807, 2.05) is 54.6 Å². The molecule has 3 rings (SSSR count). The van der Waals surface area contributed by atoms with Crippen molar-refractivity contribution in [1.29, 1.82) is 0 Å². The Morgan fingerprint density at radius 1 is 1.04 bits per heavy atom. The van der Waals surface area contributed by atoms with E-state index in [0.29, 0.717) is 11.4 Å². The van der Waals surface area contributed by atoms with Gasteiger partial charge in [-0.05, 0) is 23.3 Å². The summed E-state index contributed by atoms with van der Waals surface area (Å²) in [5.74, 6) is -0.214. The van der Waals surface area contributed by atoms with Crippen LogP contribution < -0.4 is 10.0 Å². The third kappa shape index (κ3) is 5.14. The predicted molar refractivity (Wildman–Crippen MR) is 105 cm³/mol. The topological polar surface area (TPSA) is 88.2 Å². The standard InChI is InChI=1S/C18H17N3O3S2/c1-26(23,24)21-18-20-16(12-25-18)11-17(22)19-15-9-7-14(8-10-15)13-5-3-2-4-6-13/h2-10,12H,11H2,1H3,(H,19,22)(H,20,21). The SMILES string of the molecule is CS(=O)(=O)Nc1nc(CC(=O)Nc2ccc(-c3ccccc3)cc2)cs1. The van der Waals surface area contributed by atoms with Crippen LogP contribution in [-0.4, -0.2) is 25.6 Å². The van der Waals surface area contributed by atoms with E-state index in [1.54, 1.807) is 5.38 Å². The molecule has 1 amide bonds. The molecule has 6 nitrogen and oxygen atoms in total. The van der Waals surface area contributed by atoms with Gasteiger partial charge in [0, 0.05) is 11.1 Å². The number of hydrogen-bond acceptors (Lipinski definition) is 5. The normalized spacial score (nSPS) is 11.1. The summed E-state index contributed by atoms with van der Waals surface area (Å²) >= 11 is 1.14. The number of nitrogens with zero attached hydrogens (tertiary/aromatic N) is 1. The number of thiazole rings is 1. The first-order valence-electron chi connectivity index (χ1n) is 7.76. The maximum atomic E-state index is 12.1. The van der Waals surface area contributed by atoms with E-state index in [2.05, 4.69) is 15.0 Å². The zero-order chi connectivity index (χ0) is 18.6. The maximum Gasteiger partial charge on any atom is 0.231 e. The Morgan fingerprint density at radius 2 is 1.69 bits per heavy atom. The van der Waals surface area contributed by atoms with Gasteiger partial charge in [0.1, 0.15) is 0 Å². The van der Waals surface area contributed by atoms with Crippen LogP contribution in [0.4, 0.5) is 10.8 Å². The number of aromatic nitrogens is 1. The highest BCUT2D eigenvalue weighted by molar-refractivity contribution is 7.92. The summed E-state index contributed by atoms with van der Waals surface area (Å²) in [6, 6.07) is 17.6. The van der Waals surface area contributed by atoms with Gasteiger partial charge in [0.05, 0.1) is 18.4 Å². The lowest BCUT2D eigenvalue weighted by Gasteiger charge is -2.06. The van der Waals surface area contributed by atoms with Crippen molar-refractivity contribution in [3.63, 3.8) is 0 Å². The highest BCUT2D eigenvalue weighted by Crippen LogP contribution is 2.21. The molecule has 0 spiro atoms. The second kappa shape index (κ2) is 7.67. The Balaban J connectivity index is 1.60. The average molecular weight is 387 g/mol. The molecular formula is C18H17N3O3S2. The minimum atomic E-state index is -3.37. The lowest BCUT2D eigenvalue weighted by atomic mass is 10.1. The van der Waals surface area contributed by atoms with Crippen molar-refractivity contribution in [3.05, 3.63) is 65.7 Å². The molecule has 0 saturated carbocycles. The van der Waals surface area contributed by atoms with E-state index < -0.39 is 10.0 Å². The van der Waals surface area contributed by atoms with Crippen molar-refractivity contribution >= 4 is 38.1 Å². The second-order valence-corrected chi connectivity index (χ2v) is 8.29. The Kier molecular flexibility index (Phi) is 5.34. The summed E-state index contributed by atoms with van der Waals surface area (Å²) in [4.78, 5) is 16.2. The summed E-state index contributed by atoms with van der Waals surface area (Å²) in [7, 11) is -3.37. The largest absolute Gasteiger partial charge is 0.326 e.